The summed E-state index contributed by atoms with van der Waals surface area (Å²) in [5.41, 5.74) is 2.08. The van der Waals surface area contributed by atoms with Crippen molar-refractivity contribution >= 4 is 23.6 Å². The molecule has 0 unspecified atom stereocenters. The number of hydrogen-bond donors (Lipinski definition) is 0. The smallest absolute Gasteiger partial charge is 0.200 e. The fourth-order valence-electron chi connectivity index (χ4n) is 1.62. The predicted octanol–water partition coefficient (Wildman–Crippen LogP) is 1.95. The van der Waals surface area contributed by atoms with Gasteiger partial charge in [-0.3, -0.25) is 4.79 Å². The van der Waals surface area contributed by atoms with Crippen molar-refractivity contribution < 1.29 is 4.42 Å². The molecule has 0 saturated heterocycles. The van der Waals surface area contributed by atoms with E-state index < -0.39 is 0 Å². The molecule has 0 radical (unpaired) electrons. The minimum atomic E-state index is -0.0330. The third-order valence-electron chi connectivity index (χ3n) is 2.49. The second-order valence-corrected chi connectivity index (χ2v) is 4.17. The van der Waals surface area contributed by atoms with Crippen LogP contribution >= 0.6 is 0 Å². The zero-order chi connectivity index (χ0) is 12.4. The molecule has 1 heterocycles. The van der Waals surface area contributed by atoms with Crippen LogP contribution < -0.4 is 16.1 Å². The highest BCUT2D eigenvalue weighted by atomic mass is 16.3. The molecule has 0 saturated carbocycles. The van der Waals surface area contributed by atoms with E-state index in [1.54, 1.807) is 18.2 Å². The first kappa shape index (κ1) is 11.4. The van der Waals surface area contributed by atoms with Crippen LogP contribution in [0.5, 0.6) is 0 Å². The third kappa shape index (κ3) is 2.21. The van der Waals surface area contributed by atoms with Crippen LogP contribution in [0.3, 0.4) is 0 Å². The zero-order valence-corrected chi connectivity index (χ0v) is 9.99. The second kappa shape index (κ2) is 4.42. The Labute approximate surface area is 99.2 Å². The molecule has 0 fully saturated rings. The molecule has 0 aliphatic rings. The summed E-state index contributed by atoms with van der Waals surface area (Å²) >= 11 is 0. The normalized spacial score (nSPS) is 11.8. The lowest BCUT2D eigenvalue weighted by Crippen LogP contribution is -2.37. The van der Waals surface area contributed by atoms with Crippen LogP contribution in [0.15, 0.2) is 45.1 Å². The van der Waals surface area contributed by atoms with Gasteiger partial charge in [-0.15, -0.1) is 0 Å². The van der Waals surface area contributed by atoms with Gasteiger partial charge < -0.3 is 4.42 Å². The van der Waals surface area contributed by atoms with Crippen molar-refractivity contribution in [3.63, 3.8) is 0 Å². The van der Waals surface area contributed by atoms with E-state index in [0.29, 0.717) is 21.6 Å². The SMILES string of the molecule is C=c1oc2ccccc2c(=O)/c1=C/C=C(C)C. The molecular formula is C15H14O2. The van der Waals surface area contributed by atoms with Gasteiger partial charge in [0.2, 0.25) is 0 Å². The van der Waals surface area contributed by atoms with Crippen molar-refractivity contribution in [3.05, 3.63) is 56.8 Å². The average Bonchev–Trinajstić information content (AvgIpc) is 2.28. The highest BCUT2D eigenvalue weighted by Gasteiger charge is 2.01. The summed E-state index contributed by atoms with van der Waals surface area (Å²) in [6, 6.07) is 7.20. The Hall–Kier alpha value is -2.09. The van der Waals surface area contributed by atoms with E-state index >= 15 is 0 Å². The van der Waals surface area contributed by atoms with Crippen LogP contribution in [-0.4, -0.2) is 0 Å². The summed E-state index contributed by atoms with van der Waals surface area (Å²) in [6.45, 7) is 7.73. The number of para-hydroxylation sites is 1. The predicted molar refractivity (Wildman–Crippen MR) is 71.2 cm³/mol. The molecule has 17 heavy (non-hydrogen) atoms. The largest absolute Gasteiger partial charge is 0.456 e. The molecule has 2 aromatic rings. The molecule has 0 bridgehead atoms. The molecule has 0 N–H and O–H groups in total. The maximum absolute atomic E-state index is 12.2. The summed E-state index contributed by atoms with van der Waals surface area (Å²) in [7, 11) is 0. The van der Waals surface area contributed by atoms with E-state index in [4.69, 9.17) is 4.42 Å². The van der Waals surface area contributed by atoms with Crippen LogP contribution in [-0.2, 0) is 0 Å². The van der Waals surface area contributed by atoms with Gasteiger partial charge >= 0.3 is 0 Å². The monoisotopic (exact) mass is 226 g/mol. The molecule has 2 nitrogen and oxygen atoms in total. The first-order valence-corrected chi connectivity index (χ1v) is 5.45. The van der Waals surface area contributed by atoms with E-state index in [0.717, 1.165) is 5.57 Å². The Kier molecular flexibility index (Phi) is 2.96. The van der Waals surface area contributed by atoms with Crippen LogP contribution in [0.4, 0.5) is 0 Å². The van der Waals surface area contributed by atoms with Crippen molar-refractivity contribution in [2.45, 2.75) is 13.8 Å². The van der Waals surface area contributed by atoms with Gasteiger partial charge in [0.15, 0.2) is 5.43 Å². The molecule has 0 amide bonds. The molecule has 0 aliphatic carbocycles. The van der Waals surface area contributed by atoms with Gasteiger partial charge in [-0.2, -0.15) is 0 Å². The van der Waals surface area contributed by atoms with Gasteiger partial charge in [-0.25, -0.2) is 0 Å². The molecular weight excluding hydrogens is 212 g/mol. The first-order valence-electron chi connectivity index (χ1n) is 5.45. The van der Waals surface area contributed by atoms with Gasteiger partial charge in [0.05, 0.1) is 10.6 Å². The standard InChI is InChI=1S/C15H14O2/c1-10(2)8-9-12-11(3)17-14-7-5-4-6-13(14)15(12)16/h4-9H,3H2,1-2H3/b12-9+. The Morgan fingerprint density at radius 1 is 1.29 bits per heavy atom. The van der Waals surface area contributed by atoms with Gasteiger partial charge in [0.1, 0.15) is 11.0 Å². The maximum atomic E-state index is 12.2. The van der Waals surface area contributed by atoms with Gasteiger partial charge in [-0.05, 0) is 32.1 Å². The molecule has 86 valence electrons. The number of allylic oxidation sites excluding steroid dienone is 2. The van der Waals surface area contributed by atoms with Gasteiger partial charge in [0, 0.05) is 0 Å². The molecule has 0 atom stereocenters. The van der Waals surface area contributed by atoms with E-state index in [-0.39, 0.29) is 5.43 Å². The number of rotatable bonds is 1. The molecule has 1 aromatic carbocycles. The minimum Gasteiger partial charge on any atom is -0.456 e. The number of fused-ring (bicyclic) bond motifs is 1. The highest BCUT2D eigenvalue weighted by Crippen LogP contribution is 2.04. The van der Waals surface area contributed by atoms with E-state index in [1.807, 2.05) is 32.1 Å². The summed E-state index contributed by atoms with van der Waals surface area (Å²) in [4.78, 5) is 12.2. The minimum absolute atomic E-state index is 0.0330. The lowest BCUT2D eigenvalue weighted by Gasteiger charge is -1.96. The fraction of sp³-hybridized carbons (Fsp3) is 0.133. The van der Waals surface area contributed by atoms with Crippen molar-refractivity contribution in [2.75, 3.05) is 0 Å². The van der Waals surface area contributed by atoms with Crippen molar-refractivity contribution in [3.8, 4) is 0 Å². The van der Waals surface area contributed by atoms with E-state index in [1.165, 1.54) is 0 Å². The molecule has 2 rings (SSSR count). The summed E-state index contributed by atoms with van der Waals surface area (Å²) in [5, 5.41) is 1.11. The Balaban J connectivity index is 2.92. The summed E-state index contributed by atoms with van der Waals surface area (Å²) in [6.07, 6.45) is 3.64. The lowest BCUT2D eigenvalue weighted by atomic mass is 10.2. The maximum Gasteiger partial charge on any atom is 0.200 e. The van der Waals surface area contributed by atoms with Crippen LogP contribution in [0.1, 0.15) is 13.8 Å². The lowest BCUT2D eigenvalue weighted by molar-refractivity contribution is 0.561. The highest BCUT2D eigenvalue weighted by molar-refractivity contribution is 5.76. The van der Waals surface area contributed by atoms with Crippen LogP contribution in [0.2, 0.25) is 0 Å². The topological polar surface area (TPSA) is 30.2 Å². The fourth-order valence-corrected chi connectivity index (χ4v) is 1.62. The van der Waals surface area contributed by atoms with Crippen molar-refractivity contribution in [1.29, 1.82) is 0 Å². The van der Waals surface area contributed by atoms with E-state index in [2.05, 4.69) is 6.58 Å². The second-order valence-electron chi connectivity index (χ2n) is 4.17. The van der Waals surface area contributed by atoms with Crippen molar-refractivity contribution in [1.82, 2.24) is 0 Å². The van der Waals surface area contributed by atoms with E-state index in [9.17, 15) is 4.79 Å². The molecule has 2 heteroatoms. The summed E-state index contributed by atoms with van der Waals surface area (Å²) < 4.78 is 5.53. The molecule has 0 spiro atoms. The Morgan fingerprint density at radius 2 is 2.00 bits per heavy atom. The van der Waals surface area contributed by atoms with Crippen molar-refractivity contribution in [2.24, 2.45) is 0 Å². The molecule has 0 aliphatic heterocycles. The zero-order valence-electron chi connectivity index (χ0n) is 9.99. The number of benzene rings is 1. The van der Waals surface area contributed by atoms with Crippen LogP contribution in [0, 0.1) is 0 Å². The number of hydrogen-bond acceptors (Lipinski definition) is 2. The third-order valence-corrected chi connectivity index (χ3v) is 2.49. The average molecular weight is 226 g/mol. The first-order chi connectivity index (χ1) is 8.09. The summed E-state index contributed by atoms with van der Waals surface area (Å²) in [5.74, 6) is 0. The molecule has 1 aromatic heterocycles. The Morgan fingerprint density at radius 3 is 2.71 bits per heavy atom. The van der Waals surface area contributed by atoms with Gasteiger partial charge in [-0.1, -0.05) is 30.4 Å². The van der Waals surface area contributed by atoms with Gasteiger partial charge in [0.25, 0.3) is 0 Å². The Bertz CT molecular complexity index is 745. The quantitative estimate of drug-likeness (QED) is 0.744. The van der Waals surface area contributed by atoms with Crippen LogP contribution in [0.25, 0.3) is 23.6 Å².